The highest BCUT2D eigenvalue weighted by molar-refractivity contribution is 6.53. The van der Waals surface area contributed by atoms with Crippen LogP contribution in [0.5, 0.6) is 0 Å². The molecule has 0 heterocycles. The van der Waals surface area contributed by atoms with E-state index in [1.54, 1.807) is 21.3 Å². The van der Waals surface area contributed by atoms with Crippen molar-refractivity contribution in [1.29, 1.82) is 0 Å². The highest BCUT2D eigenvalue weighted by atomic mass is 28.4. The van der Waals surface area contributed by atoms with Gasteiger partial charge in [-0.05, 0) is 6.42 Å². The molecule has 0 N–H and O–H groups in total. The Kier molecular flexibility index (Phi) is 12.1. The van der Waals surface area contributed by atoms with Crippen LogP contribution < -0.4 is 0 Å². The van der Waals surface area contributed by atoms with Crippen LogP contribution in [0.15, 0.2) is 0 Å². The molecule has 0 aromatic rings. The summed E-state index contributed by atoms with van der Waals surface area (Å²) in [4.78, 5) is 0. The number of hydrogen-bond donors (Lipinski definition) is 0. The Bertz CT molecular complexity index is 166. The molecular weight excluding hydrogens is 248 g/mol. The van der Waals surface area contributed by atoms with Crippen LogP contribution in [0.2, 0.25) is 0 Å². The highest BCUT2D eigenvalue weighted by Gasteiger charge is 2.41. The summed E-state index contributed by atoms with van der Waals surface area (Å²) in [6, 6.07) is 0. The van der Waals surface area contributed by atoms with Crippen molar-refractivity contribution in [3.8, 4) is 0 Å². The molecule has 0 amide bonds. The number of rotatable bonds is 13. The first-order chi connectivity index (χ1) is 8.74. The quantitative estimate of drug-likeness (QED) is 0.381. The van der Waals surface area contributed by atoms with Crippen molar-refractivity contribution in [2.75, 3.05) is 27.9 Å². The lowest BCUT2D eigenvalue weighted by atomic mass is 10.1. The van der Waals surface area contributed by atoms with Gasteiger partial charge < -0.3 is 17.7 Å². The zero-order chi connectivity index (χ0) is 13.7. The Balaban J connectivity index is 3.38. The van der Waals surface area contributed by atoms with Gasteiger partial charge in [-0.15, -0.1) is 0 Å². The lowest BCUT2D eigenvalue weighted by molar-refractivity contribution is 0.00504. The fourth-order valence-electron chi connectivity index (χ4n) is 1.86. The van der Waals surface area contributed by atoms with Gasteiger partial charge in [0.15, 0.2) is 0 Å². The molecule has 0 atom stereocenters. The first kappa shape index (κ1) is 18.1. The van der Waals surface area contributed by atoms with Crippen LogP contribution in [-0.4, -0.2) is 37.0 Å². The van der Waals surface area contributed by atoms with Gasteiger partial charge in [0.25, 0.3) is 0 Å². The molecule has 110 valence electrons. The largest absolute Gasteiger partial charge is 0.678 e. The van der Waals surface area contributed by atoms with Gasteiger partial charge in [0.1, 0.15) is 0 Å². The van der Waals surface area contributed by atoms with E-state index in [-0.39, 0.29) is 0 Å². The summed E-state index contributed by atoms with van der Waals surface area (Å²) in [5.41, 5.74) is 0. The summed E-state index contributed by atoms with van der Waals surface area (Å²) in [6.07, 6.45) is 10.3. The third kappa shape index (κ3) is 8.21. The summed E-state index contributed by atoms with van der Waals surface area (Å²) in [5.74, 6) is 0. The molecule has 0 saturated carbocycles. The second kappa shape index (κ2) is 12.1. The maximum atomic E-state index is 5.59. The van der Waals surface area contributed by atoms with Crippen molar-refractivity contribution in [3.63, 3.8) is 0 Å². The van der Waals surface area contributed by atoms with Gasteiger partial charge in [0.2, 0.25) is 0 Å². The van der Waals surface area contributed by atoms with E-state index < -0.39 is 9.05 Å². The van der Waals surface area contributed by atoms with E-state index in [4.69, 9.17) is 17.7 Å². The predicted octanol–water partition coefficient (Wildman–Crippen LogP) is 3.52. The fourth-order valence-corrected chi connectivity index (χ4v) is 3.11. The maximum absolute atomic E-state index is 5.59. The van der Waals surface area contributed by atoms with Crippen molar-refractivity contribution in [2.24, 2.45) is 0 Å². The van der Waals surface area contributed by atoms with Crippen molar-refractivity contribution < 1.29 is 17.7 Å². The fraction of sp³-hybridized carbons (Fsp3) is 1.00. The van der Waals surface area contributed by atoms with E-state index in [9.17, 15) is 0 Å². The molecule has 0 fully saturated rings. The normalized spacial score (nSPS) is 12.0. The van der Waals surface area contributed by atoms with Gasteiger partial charge in [-0.3, -0.25) is 0 Å². The smallest absolute Gasteiger partial charge is 0.355 e. The number of unbranched alkanes of at least 4 members (excludes halogenated alkanes) is 7. The molecule has 0 rings (SSSR count). The first-order valence-electron chi connectivity index (χ1n) is 7.04. The van der Waals surface area contributed by atoms with E-state index in [0.717, 1.165) is 6.42 Å². The minimum Gasteiger partial charge on any atom is -0.355 e. The molecule has 0 bridgehead atoms. The van der Waals surface area contributed by atoms with E-state index in [1.165, 1.54) is 44.9 Å². The summed E-state index contributed by atoms with van der Waals surface area (Å²) in [6.45, 7) is 2.89. The Morgan fingerprint density at radius 3 is 1.56 bits per heavy atom. The SMILES string of the molecule is CCCCCCCCCCO[Si](OC)(OC)OC. The molecule has 0 unspecified atom stereocenters. The van der Waals surface area contributed by atoms with E-state index >= 15 is 0 Å². The zero-order valence-electron chi connectivity index (χ0n) is 12.5. The van der Waals surface area contributed by atoms with Gasteiger partial charge in [-0.1, -0.05) is 51.9 Å². The van der Waals surface area contributed by atoms with Gasteiger partial charge in [0, 0.05) is 27.9 Å². The van der Waals surface area contributed by atoms with Crippen LogP contribution in [0, 0.1) is 0 Å². The van der Waals surface area contributed by atoms with Gasteiger partial charge in [-0.25, -0.2) is 0 Å². The summed E-state index contributed by atoms with van der Waals surface area (Å²) in [5, 5.41) is 0. The molecule has 0 aromatic heterocycles. The monoisotopic (exact) mass is 278 g/mol. The molecule has 0 aliphatic carbocycles. The van der Waals surface area contributed by atoms with Crippen LogP contribution >= 0.6 is 0 Å². The van der Waals surface area contributed by atoms with Crippen molar-refractivity contribution in [2.45, 2.75) is 58.3 Å². The molecule has 0 spiro atoms. The van der Waals surface area contributed by atoms with E-state index in [2.05, 4.69) is 6.92 Å². The standard InChI is InChI=1S/C13H30O4Si/c1-5-6-7-8-9-10-11-12-13-17-18(14-2,15-3)16-4/h5-13H2,1-4H3. The van der Waals surface area contributed by atoms with Gasteiger partial charge >= 0.3 is 9.05 Å². The Hall–Kier alpha value is 0.0569. The molecule has 18 heavy (non-hydrogen) atoms. The van der Waals surface area contributed by atoms with Crippen LogP contribution in [0.1, 0.15) is 58.3 Å². The van der Waals surface area contributed by atoms with Crippen LogP contribution in [0.25, 0.3) is 0 Å². The minimum atomic E-state index is -2.80. The first-order valence-corrected chi connectivity index (χ1v) is 8.67. The van der Waals surface area contributed by atoms with Gasteiger partial charge in [0.05, 0.1) is 0 Å². The molecule has 0 saturated heterocycles. The maximum Gasteiger partial charge on any atom is 0.678 e. The molecule has 0 aliphatic rings. The molecule has 5 heteroatoms. The predicted molar refractivity (Wildman–Crippen MR) is 75.3 cm³/mol. The van der Waals surface area contributed by atoms with Crippen molar-refractivity contribution in [1.82, 2.24) is 0 Å². The summed E-state index contributed by atoms with van der Waals surface area (Å²) in [7, 11) is 1.88. The Morgan fingerprint density at radius 1 is 0.667 bits per heavy atom. The van der Waals surface area contributed by atoms with E-state index in [1.807, 2.05) is 0 Å². The number of hydrogen-bond acceptors (Lipinski definition) is 4. The van der Waals surface area contributed by atoms with Crippen LogP contribution in [0.3, 0.4) is 0 Å². The highest BCUT2D eigenvalue weighted by Crippen LogP contribution is 2.11. The summed E-state index contributed by atoms with van der Waals surface area (Å²) < 4.78 is 21.1. The Labute approximate surface area is 113 Å². The van der Waals surface area contributed by atoms with Crippen LogP contribution in [-0.2, 0) is 17.7 Å². The average Bonchev–Trinajstić information content (AvgIpc) is 2.42. The van der Waals surface area contributed by atoms with E-state index in [0.29, 0.717) is 6.61 Å². The molecule has 0 aromatic carbocycles. The lowest BCUT2D eigenvalue weighted by Crippen LogP contribution is -2.46. The average molecular weight is 278 g/mol. The van der Waals surface area contributed by atoms with Crippen LogP contribution in [0.4, 0.5) is 0 Å². The topological polar surface area (TPSA) is 36.9 Å². The third-order valence-electron chi connectivity index (χ3n) is 3.03. The van der Waals surface area contributed by atoms with Crippen molar-refractivity contribution >= 4 is 9.05 Å². The minimum absolute atomic E-state index is 0.650. The second-order valence-electron chi connectivity index (χ2n) is 4.44. The summed E-state index contributed by atoms with van der Waals surface area (Å²) >= 11 is 0. The third-order valence-corrected chi connectivity index (χ3v) is 5.08. The molecule has 4 nitrogen and oxygen atoms in total. The molecule has 0 radical (unpaired) electrons. The lowest BCUT2D eigenvalue weighted by Gasteiger charge is -2.22. The molecule has 0 aliphatic heterocycles. The van der Waals surface area contributed by atoms with Gasteiger partial charge in [-0.2, -0.15) is 0 Å². The van der Waals surface area contributed by atoms with Crippen molar-refractivity contribution in [3.05, 3.63) is 0 Å². The molecular formula is C13H30O4Si. The zero-order valence-corrected chi connectivity index (χ0v) is 13.5. The second-order valence-corrected chi connectivity index (χ2v) is 6.95. The Morgan fingerprint density at radius 2 is 1.11 bits per heavy atom.